The zero-order valence-electron chi connectivity index (χ0n) is 8.39. The van der Waals surface area contributed by atoms with Crippen molar-refractivity contribution >= 4 is 0 Å². The lowest BCUT2D eigenvalue weighted by Crippen LogP contribution is -2.44. The Kier molecular flexibility index (Phi) is 2.89. The normalized spacial score (nSPS) is 35.8. The molecule has 13 heavy (non-hydrogen) atoms. The van der Waals surface area contributed by atoms with E-state index in [9.17, 15) is 5.11 Å². The van der Waals surface area contributed by atoms with Crippen LogP contribution in [0.4, 0.5) is 0 Å². The molecule has 1 aliphatic carbocycles. The second-order valence-corrected chi connectivity index (χ2v) is 4.82. The summed E-state index contributed by atoms with van der Waals surface area (Å²) in [4.78, 5) is 0. The van der Waals surface area contributed by atoms with Crippen molar-refractivity contribution in [2.75, 3.05) is 13.2 Å². The first-order chi connectivity index (χ1) is 6.35. The molecule has 0 spiro atoms. The first-order valence-electron chi connectivity index (χ1n) is 5.71. The van der Waals surface area contributed by atoms with E-state index < -0.39 is 0 Å². The first kappa shape index (κ1) is 9.47. The zero-order chi connectivity index (χ0) is 9.15. The van der Waals surface area contributed by atoms with E-state index in [1.807, 2.05) is 0 Å². The summed E-state index contributed by atoms with van der Waals surface area (Å²) in [7, 11) is 0. The molecule has 2 aliphatic rings. The van der Waals surface area contributed by atoms with Crippen molar-refractivity contribution in [1.29, 1.82) is 0 Å². The zero-order valence-corrected chi connectivity index (χ0v) is 8.39. The third kappa shape index (κ3) is 2.05. The minimum Gasteiger partial charge on any atom is -0.394 e. The van der Waals surface area contributed by atoms with Crippen LogP contribution in [0.5, 0.6) is 0 Å². The quantitative estimate of drug-likeness (QED) is 0.697. The largest absolute Gasteiger partial charge is 0.394 e. The van der Waals surface area contributed by atoms with Crippen molar-refractivity contribution in [2.24, 2.45) is 5.92 Å². The van der Waals surface area contributed by atoms with Crippen molar-refractivity contribution in [3.63, 3.8) is 0 Å². The van der Waals surface area contributed by atoms with Gasteiger partial charge in [0.25, 0.3) is 0 Å². The van der Waals surface area contributed by atoms with Crippen LogP contribution in [-0.4, -0.2) is 23.8 Å². The van der Waals surface area contributed by atoms with Crippen LogP contribution in [0.2, 0.25) is 0 Å². The molecule has 2 fully saturated rings. The molecule has 1 saturated carbocycles. The minimum atomic E-state index is 0.106. The third-order valence-corrected chi connectivity index (χ3v) is 3.79. The summed E-state index contributed by atoms with van der Waals surface area (Å²) in [5, 5.41) is 12.9. The highest BCUT2D eigenvalue weighted by Gasteiger charge is 2.35. The van der Waals surface area contributed by atoms with Gasteiger partial charge in [-0.1, -0.05) is 25.7 Å². The van der Waals surface area contributed by atoms with Gasteiger partial charge < -0.3 is 10.4 Å². The number of hydrogen-bond acceptors (Lipinski definition) is 2. The van der Waals surface area contributed by atoms with Crippen LogP contribution in [0.15, 0.2) is 0 Å². The van der Waals surface area contributed by atoms with Crippen LogP contribution in [0.3, 0.4) is 0 Å². The highest BCUT2D eigenvalue weighted by Crippen LogP contribution is 2.35. The van der Waals surface area contributed by atoms with Crippen LogP contribution < -0.4 is 5.32 Å². The van der Waals surface area contributed by atoms with Crippen LogP contribution in [0.25, 0.3) is 0 Å². The highest BCUT2D eigenvalue weighted by atomic mass is 16.3. The Morgan fingerprint density at radius 3 is 2.54 bits per heavy atom. The Labute approximate surface area is 80.7 Å². The maximum absolute atomic E-state index is 9.41. The maximum atomic E-state index is 9.41. The van der Waals surface area contributed by atoms with Gasteiger partial charge in [-0.25, -0.2) is 0 Å². The van der Waals surface area contributed by atoms with Crippen LogP contribution in [0, 0.1) is 5.92 Å². The predicted molar refractivity (Wildman–Crippen MR) is 53.6 cm³/mol. The van der Waals surface area contributed by atoms with Crippen molar-refractivity contribution in [1.82, 2.24) is 5.32 Å². The lowest BCUT2D eigenvalue weighted by molar-refractivity contribution is 0.150. The fourth-order valence-corrected chi connectivity index (χ4v) is 3.01. The topological polar surface area (TPSA) is 32.3 Å². The molecule has 1 aliphatic heterocycles. The molecule has 1 heterocycles. The maximum Gasteiger partial charge on any atom is 0.0613 e. The molecule has 76 valence electrons. The van der Waals surface area contributed by atoms with Crippen molar-refractivity contribution in [3.8, 4) is 0 Å². The fourth-order valence-electron chi connectivity index (χ4n) is 3.01. The standard InChI is InChI=1S/C11H21NO/c13-9-11(6-3-7-12-11)8-10-4-1-2-5-10/h10,12-13H,1-9H2. The van der Waals surface area contributed by atoms with Gasteiger partial charge in [0.1, 0.15) is 0 Å². The summed E-state index contributed by atoms with van der Waals surface area (Å²) in [6, 6.07) is 0. The molecule has 0 radical (unpaired) electrons. The van der Waals surface area contributed by atoms with Crippen LogP contribution in [-0.2, 0) is 0 Å². The van der Waals surface area contributed by atoms with E-state index in [1.54, 1.807) is 0 Å². The van der Waals surface area contributed by atoms with Gasteiger partial charge in [-0.05, 0) is 31.7 Å². The average Bonchev–Trinajstić information content (AvgIpc) is 2.77. The lowest BCUT2D eigenvalue weighted by Gasteiger charge is -2.30. The van der Waals surface area contributed by atoms with Gasteiger partial charge >= 0.3 is 0 Å². The second kappa shape index (κ2) is 3.97. The van der Waals surface area contributed by atoms with E-state index in [1.165, 1.54) is 44.9 Å². The second-order valence-electron chi connectivity index (χ2n) is 4.82. The molecule has 1 saturated heterocycles. The molecule has 2 heteroatoms. The molecule has 1 unspecified atom stereocenters. The van der Waals surface area contributed by atoms with E-state index in [4.69, 9.17) is 0 Å². The van der Waals surface area contributed by atoms with E-state index in [-0.39, 0.29) is 5.54 Å². The molecule has 0 amide bonds. The van der Waals surface area contributed by atoms with Crippen molar-refractivity contribution in [2.45, 2.75) is 50.5 Å². The lowest BCUT2D eigenvalue weighted by atomic mass is 9.86. The van der Waals surface area contributed by atoms with Gasteiger partial charge in [0.2, 0.25) is 0 Å². The summed E-state index contributed by atoms with van der Waals surface area (Å²) in [6.45, 7) is 1.44. The number of aliphatic hydroxyl groups excluding tert-OH is 1. The number of hydrogen-bond donors (Lipinski definition) is 2. The number of aliphatic hydroxyl groups is 1. The van der Waals surface area contributed by atoms with Gasteiger partial charge in [-0.3, -0.25) is 0 Å². The minimum absolute atomic E-state index is 0.106. The summed E-state index contributed by atoms with van der Waals surface area (Å²) in [5.41, 5.74) is 0.106. The van der Waals surface area contributed by atoms with Gasteiger partial charge in [-0.2, -0.15) is 0 Å². The Bertz CT molecular complexity index is 157. The van der Waals surface area contributed by atoms with E-state index in [0.29, 0.717) is 6.61 Å². The van der Waals surface area contributed by atoms with Gasteiger partial charge in [-0.15, -0.1) is 0 Å². The van der Waals surface area contributed by atoms with Crippen LogP contribution >= 0.6 is 0 Å². The summed E-state index contributed by atoms with van der Waals surface area (Å²) < 4.78 is 0. The molecule has 2 nitrogen and oxygen atoms in total. The molecule has 0 aromatic carbocycles. The Morgan fingerprint density at radius 1 is 1.23 bits per heavy atom. The van der Waals surface area contributed by atoms with Crippen LogP contribution in [0.1, 0.15) is 44.9 Å². The Hall–Kier alpha value is -0.0800. The fraction of sp³-hybridized carbons (Fsp3) is 1.00. The molecule has 1 atom stereocenters. The van der Waals surface area contributed by atoms with Crippen molar-refractivity contribution in [3.05, 3.63) is 0 Å². The molecule has 0 bridgehead atoms. The summed E-state index contributed by atoms with van der Waals surface area (Å²) in [6.07, 6.45) is 9.24. The molecule has 0 aromatic heterocycles. The predicted octanol–water partition coefficient (Wildman–Crippen LogP) is 1.68. The van der Waals surface area contributed by atoms with E-state index in [2.05, 4.69) is 5.32 Å². The van der Waals surface area contributed by atoms with Gasteiger partial charge in [0.05, 0.1) is 6.61 Å². The summed E-state index contributed by atoms with van der Waals surface area (Å²) >= 11 is 0. The first-order valence-corrected chi connectivity index (χ1v) is 5.71. The molecular weight excluding hydrogens is 162 g/mol. The highest BCUT2D eigenvalue weighted by molar-refractivity contribution is 4.94. The summed E-state index contributed by atoms with van der Waals surface area (Å²) in [5.74, 6) is 0.887. The third-order valence-electron chi connectivity index (χ3n) is 3.79. The molecule has 0 aromatic rings. The van der Waals surface area contributed by atoms with Gasteiger partial charge in [0.15, 0.2) is 0 Å². The molecule has 2 N–H and O–H groups in total. The monoisotopic (exact) mass is 183 g/mol. The van der Waals surface area contributed by atoms with E-state index >= 15 is 0 Å². The smallest absolute Gasteiger partial charge is 0.0613 e. The molecule has 2 rings (SSSR count). The average molecular weight is 183 g/mol. The molecular formula is C11H21NO. The van der Waals surface area contributed by atoms with Gasteiger partial charge in [0, 0.05) is 5.54 Å². The Balaban J connectivity index is 1.88. The Morgan fingerprint density at radius 2 is 2.00 bits per heavy atom. The number of nitrogens with one attached hydrogen (secondary N) is 1. The SMILES string of the molecule is OCC1(CC2CCCC2)CCCN1. The van der Waals surface area contributed by atoms with E-state index in [0.717, 1.165) is 12.5 Å². The van der Waals surface area contributed by atoms with Crippen molar-refractivity contribution < 1.29 is 5.11 Å². The number of rotatable bonds is 3.